The normalized spacial score (nSPS) is 12.6. The molecule has 0 spiro atoms. The van der Waals surface area contributed by atoms with Gasteiger partial charge in [-0.05, 0) is 6.42 Å². The van der Waals surface area contributed by atoms with Crippen LogP contribution in [0.15, 0.2) is 0 Å². The molecule has 0 fully saturated rings. The molecule has 0 amide bonds. The maximum absolute atomic E-state index is 10.9. The molecule has 0 aromatic carbocycles. The van der Waals surface area contributed by atoms with Gasteiger partial charge in [-0.3, -0.25) is 4.57 Å². The third-order valence-electron chi connectivity index (χ3n) is 4.88. The van der Waals surface area contributed by atoms with Crippen molar-refractivity contribution in [1.82, 2.24) is 0 Å². The summed E-state index contributed by atoms with van der Waals surface area (Å²) >= 11 is 0. The Morgan fingerprint density at radius 1 is 0.560 bits per heavy atom. The van der Waals surface area contributed by atoms with Crippen molar-refractivity contribution in [3.8, 4) is 0 Å². The van der Waals surface area contributed by atoms with Crippen molar-refractivity contribution in [3.63, 3.8) is 0 Å². The van der Waals surface area contributed by atoms with E-state index in [1.54, 1.807) is 0 Å². The van der Waals surface area contributed by atoms with Crippen molar-refractivity contribution in [2.75, 3.05) is 13.7 Å². The summed E-state index contributed by atoms with van der Waals surface area (Å²) in [7, 11) is -0.774. The molecular weight excluding hydrogens is 331 g/mol. The lowest BCUT2D eigenvalue weighted by molar-refractivity contribution is 0.250. The molecule has 0 heterocycles. The van der Waals surface area contributed by atoms with E-state index in [0.717, 1.165) is 6.42 Å². The predicted molar refractivity (Wildman–Crippen MR) is 111 cm³/mol. The van der Waals surface area contributed by atoms with Gasteiger partial charge in [-0.1, -0.05) is 116 Å². The number of hydrogen-bond acceptors (Lipinski definition) is 3. The Morgan fingerprint density at radius 2 is 0.880 bits per heavy atom. The van der Waals surface area contributed by atoms with Crippen molar-refractivity contribution in [3.05, 3.63) is 0 Å². The Kier molecular flexibility index (Phi) is 22.3. The number of unbranched alkanes of at least 4 members (excludes halogenated alkanes) is 17. The quantitative estimate of drug-likeness (QED) is 0.150. The van der Waals surface area contributed by atoms with Crippen LogP contribution in [-0.4, -0.2) is 13.7 Å². The van der Waals surface area contributed by atoms with Crippen LogP contribution >= 0.6 is 8.25 Å². The first-order chi connectivity index (χ1) is 12.3. The minimum atomic E-state index is -2.20. The predicted octanol–water partition coefficient (Wildman–Crippen LogP) is 8.08. The minimum Gasteiger partial charge on any atom is -0.314 e. The summed E-state index contributed by atoms with van der Waals surface area (Å²) in [6.45, 7) is 2.86. The monoisotopic (exact) mass is 376 g/mol. The van der Waals surface area contributed by atoms with E-state index < -0.39 is 8.25 Å². The van der Waals surface area contributed by atoms with Crippen molar-refractivity contribution in [2.24, 2.45) is 0 Å². The maximum atomic E-state index is 10.9. The number of hydrogen-bond donors (Lipinski definition) is 0. The van der Waals surface area contributed by atoms with Gasteiger partial charge in [0.1, 0.15) is 0 Å². The van der Waals surface area contributed by atoms with E-state index in [9.17, 15) is 4.57 Å². The molecule has 0 saturated heterocycles. The molecule has 0 N–H and O–H groups in total. The van der Waals surface area contributed by atoms with Crippen molar-refractivity contribution >= 4 is 8.25 Å². The van der Waals surface area contributed by atoms with Crippen molar-refractivity contribution in [2.45, 2.75) is 122 Å². The lowest BCUT2D eigenvalue weighted by Crippen LogP contribution is -1.88. The zero-order chi connectivity index (χ0) is 18.4. The smallest absolute Gasteiger partial charge is 0.314 e. The summed E-state index contributed by atoms with van der Waals surface area (Å²) < 4.78 is 20.6. The van der Waals surface area contributed by atoms with E-state index in [1.165, 1.54) is 116 Å². The fourth-order valence-corrected chi connectivity index (χ4v) is 3.65. The molecule has 0 radical (unpaired) electrons. The van der Waals surface area contributed by atoms with E-state index in [0.29, 0.717) is 6.61 Å². The van der Waals surface area contributed by atoms with Crippen LogP contribution in [0.2, 0.25) is 0 Å². The molecule has 0 bridgehead atoms. The Morgan fingerprint density at radius 3 is 1.20 bits per heavy atom. The Labute approximate surface area is 158 Å². The number of rotatable bonds is 21. The average Bonchev–Trinajstić information content (AvgIpc) is 2.63. The zero-order valence-corrected chi connectivity index (χ0v) is 18.2. The topological polar surface area (TPSA) is 35.5 Å². The van der Waals surface area contributed by atoms with Gasteiger partial charge in [-0.2, -0.15) is 0 Å². The standard InChI is InChI=1S/C21H45O3P/c1-3-4-5-6-7-8-9-10-11-12-13-14-15-16-17-18-19-20-21-24-25(22)23-2/h25H,3-21H2,1-2H3. The second-order valence-electron chi connectivity index (χ2n) is 7.31. The van der Waals surface area contributed by atoms with Gasteiger partial charge >= 0.3 is 8.25 Å². The highest BCUT2D eigenvalue weighted by molar-refractivity contribution is 7.33. The van der Waals surface area contributed by atoms with Crippen LogP contribution in [-0.2, 0) is 13.6 Å². The molecule has 0 aromatic rings. The van der Waals surface area contributed by atoms with Crippen LogP contribution in [0, 0.1) is 0 Å². The Bertz CT molecular complexity index is 272. The molecule has 0 saturated carbocycles. The van der Waals surface area contributed by atoms with Crippen LogP contribution < -0.4 is 0 Å². The summed E-state index contributed by atoms with van der Waals surface area (Å²) in [4.78, 5) is 0. The first kappa shape index (κ1) is 25.1. The lowest BCUT2D eigenvalue weighted by Gasteiger charge is -2.04. The summed E-state index contributed by atoms with van der Waals surface area (Å²) in [6.07, 6.45) is 24.8. The van der Waals surface area contributed by atoms with Crippen molar-refractivity contribution in [1.29, 1.82) is 0 Å². The molecule has 0 aliphatic heterocycles. The molecule has 0 rings (SSSR count). The molecule has 152 valence electrons. The third-order valence-corrected chi connectivity index (χ3v) is 5.66. The SMILES string of the molecule is CCCCCCCCCCCCCCCCCCCCO[PH](=O)OC. The van der Waals surface area contributed by atoms with Gasteiger partial charge in [0.15, 0.2) is 0 Å². The van der Waals surface area contributed by atoms with Gasteiger partial charge < -0.3 is 9.05 Å². The molecule has 0 aliphatic rings. The summed E-state index contributed by atoms with van der Waals surface area (Å²) in [6, 6.07) is 0. The van der Waals surface area contributed by atoms with E-state index >= 15 is 0 Å². The first-order valence-electron chi connectivity index (χ1n) is 11.0. The van der Waals surface area contributed by atoms with E-state index in [2.05, 4.69) is 11.4 Å². The van der Waals surface area contributed by atoms with E-state index in [4.69, 9.17) is 4.52 Å². The first-order valence-corrected chi connectivity index (χ1v) is 12.2. The second-order valence-corrected chi connectivity index (χ2v) is 8.51. The molecular formula is C21H45O3P. The Hall–Kier alpha value is 0.150. The summed E-state index contributed by atoms with van der Waals surface area (Å²) in [5.74, 6) is 0. The van der Waals surface area contributed by atoms with E-state index in [-0.39, 0.29) is 0 Å². The van der Waals surface area contributed by atoms with Gasteiger partial charge in [-0.25, -0.2) is 0 Å². The molecule has 25 heavy (non-hydrogen) atoms. The van der Waals surface area contributed by atoms with Crippen LogP contribution in [0.4, 0.5) is 0 Å². The summed E-state index contributed by atoms with van der Waals surface area (Å²) in [5, 5.41) is 0. The van der Waals surface area contributed by atoms with Gasteiger partial charge in [-0.15, -0.1) is 0 Å². The average molecular weight is 377 g/mol. The van der Waals surface area contributed by atoms with Crippen LogP contribution in [0.5, 0.6) is 0 Å². The van der Waals surface area contributed by atoms with Crippen LogP contribution in [0.3, 0.4) is 0 Å². The molecule has 1 unspecified atom stereocenters. The van der Waals surface area contributed by atoms with Gasteiger partial charge in [0.2, 0.25) is 0 Å². The van der Waals surface area contributed by atoms with Gasteiger partial charge in [0.25, 0.3) is 0 Å². The fourth-order valence-electron chi connectivity index (χ4n) is 3.22. The highest BCUT2D eigenvalue weighted by Crippen LogP contribution is 2.22. The maximum Gasteiger partial charge on any atom is 0.318 e. The molecule has 0 aliphatic carbocycles. The van der Waals surface area contributed by atoms with Crippen LogP contribution in [0.25, 0.3) is 0 Å². The van der Waals surface area contributed by atoms with Gasteiger partial charge in [0.05, 0.1) is 6.61 Å². The lowest BCUT2D eigenvalue weighted by atomic mass is 10.0. The fraction of sp³-hybridized carbons (Fsp3) is 1.00. The third kappa shape index (κ3) is 22.1. The highest BCUT2D eigenvalue weighted by atomic mass is 31.1. The molecule has 3 nitrogen and oxygen atoms in total. The highest BCUT2D eigenvalue weighted by Gasteiger charge is 1.97. The molecule has 0 aromatic heterocycles. The molecule has 4 heteroatoms. The summed E-state index contributed by atoms with van der Waals surface area (Å²) in [5.41, 5.74) is 0. The van der Waals surface area contributed by atoms with Crippen molar-refractivity contribution < 1.29 is 13.6 Å². The largest absolute Gasteiger partial charge is 0.318 e. The van der Waals surface area contributed by atoms with Crippen LogP contribution in [0.1, 0.15) is 122 Å². The molecule has 1 atom stereocenters. The second kappa shape index (κ2) is 22.2. The van der Waals surface area contributed by atoms with Gasteiger partial charge in [0, 0.05) is 7.11 Å². The van der Waals surface area contributed by atoms with E-state index in [1.807, 2.05) is 0 Å². The minimum absolute atomic E-state index is 0.574. The zero-order valence-electron chi connectivity index (χ0n) is 17.2. The Balaban J connectivity index is 2.99.